The van der Waals surface area contributed by atoms with Crippen LogP contribution in [-0.4, -0.2) is 11.3 Å². The van der Waals surface area contributed by atoms with Gasteiger partial charge in [-0.3, -0.25) is 4.79 Å². The summed E-state index contributed by atoms with van der Waals surface area (Å²) >= 11 is 5.20. The van der Waals surface area contributed by atoms with Crippen molar-refractivity contribution in [2.45, 2.75) is 12.8 Å². The number of H-pyrrole nitrogens is 1. The standard InChI is InChI=1S/C7H3ClF5NO2/c8-4-2(5(9)10)1-3(6(15)14-4)16-7(11,12)13/h1,5H,(H,14,15). The Balaban J connectivity index is 3.20. The van der Waals surface area contributed by atoms with Crippen molar-refractivity contribution < 1.29 is 26.7 Å². The molecule has 0 unspecified atom stereocenters. The molecule has 1 rings (SSSR count). The van der Waals surface area contributed by atoms with E-state index in [0.717, 1.165) is 0 Å². The fourth-order valence-electron chi connectivity index (χ4n) is 0.863. The highest BCUT2D eigenvalue weighted by molar-refractivity contribution is 6.30. The molecule has 0 aliphatic carbocycles. The molecule has 1 N–H and O–H groups in total. The maximum atomic E-state index is 12.2. The first-order valence-electron chi connectivity index (χ1n) is 3.67. The first-order valence-corrected chi connectivity index (χ1v) is 4.05. The van der Waals surface area contributed by atoms with E-state index >= 15 is 0 Å². The smallest absolute Gasteiger partial charge is 0.400 e. The van der Waals surface area contributed by atoms with Gasteiger partial charge in [0.2, 0.25) is 0 Å². The lowest BCUT2D eigenvalue weighted by Crippen LogP contribution is -2.23. The van der Waals surface area contributed by atoms with Crippen LogP contribution < -0.4 is 10.3 Å². The summed E-state index contributed by atoms with van der Waals surface area (Å²) in [6.07, 6.45) is -8.26. The van der Waals surface area contributed by atoms with E-state index in [2.05, 4.69) is 4.74 Å². The molecule has 0 saturated heterocycles. The highest BCUT2D eigenvalue weighted by atomic mass is 35.5. The molecule has 0 aromatic carbocycles. The van der Waals surface area contributed by atoms with E-state index in [1.54, 1.807) is 4.98 Å². The largest absolute Gasteiger partial charge is 0.573 e. The topological polar surface area (TPSA) is 42.1 Å². The summed E-state index contributed by atoms with van der Waals surface area (Å²) in [5.41, 5.74) is -2.28. The molecule has 0 bridgehead atoms. The third-order valence-electron chi connectivity index (χ3n) is 1.45. The van der Waals surface area contributed by atoms with Crippen molar-refractivity contribution in [2.24, 2.45) is 0 Å². The number of nitrogens with one attached hydrogen (secondary N) is 1. The molecule has 0 atom stereocenters. The molecule has 0 aliphatic rings. The van der Waals surface area contributed by atoms with Crippen LogP contribution in [0.5, 0.6) is 5.75 Å². The van der Waals surface area contributed by atoms with Gasteiger partial charge in [-0.2, -0.15) is 0 Å². The molecule has 1 aromatic heterocycles. The van der Waals surface area contributed by atoms with Crippen LogP contribution in [0.1, 0.15) is 12.0 Å². The lowest BCUT2D eigenvalue weighted by atomic mass is 10.3. The maximum Gasteiger partial charge on any atom is 0.573 e. The van der Waals surface area contributed by atoms with Gasteiger partial charge >= 0.3 is 6.36 Å². The van der Waals surface area contributed by atoms with E-state index in [1.807, 2.05) is 0 Å². The average Bonchev–Trinajstić information content (AvgIpc) is 2.07. The van der Waals surface area contributed by atoms with Crippen molar-refractivity contribution in [3.8, 4) is 5.75 Å². The van der Waals surface area contributed by atoms with Crippen LogP contribution in [0.25, 0.3) is 0 Å². The van der Waals surface area contributed by atoms with Gasteiger partial charge in [-0.1, -0.05) is 11.6 Å². The van der Waals surface area contributed by atoms with Gasteiger partial charge < -0.3 is 9.72 Å². The molecule has 0 aliphatic heterocycles. The summed E-state index contributed by atoms with van der Waals surface area (Å²) in [6, 6.07) is 0.249. The predicted octanol–water partition coefficient (Wildman–Crippen LogP) is 2.86. The van der Waals surface area contributed by atoms with E-state index in [4.69, 9.17) is 11.6 Å². The Kier molecular flexibility index (Phi) is 3.41. The van der Waals surface area contributed by atoms with E-state index < -0.39 is 34.8 Å². The minimum atomic E-state index is -5.14. The molecule has 1 aromatic rings. The van der Waals surface area contributed by atoms with E-state index in [1.165, 1.54) is 0 Å². The zero-order valence-electron chi connectivity index (χ0n) is 7.24. The van der Waals surface area contributed by atoms with Gasteiger partial charge in [-0.15, -0.1) is 13.2 Å². The lowest BCUT2D eigenvalue weighted by Gasteiger charge is -2.09. The second-order valence-electron chi connectivity index (χ2n) is 2.58. The summed E-state index contributed by atoms with van der Waals surface area (Å²) in [7, 11) is 0. The molecule has 3 nitrogen and oxygen atoms in total. The summed E-state index contributed by atoms with van der Waals surface area (Å²) in [4.78, 5) is 12.5. The number of halogens is 6. The number of aromatic amines is 1. The van der Waals surface area contributed by atoms with E-state index in [9.17, 15) is 26.7 Å². The van der Waals surface area contributed by atoms with Crippen molar-refractivity contribution in [3.63, 3.8) is 0 Å². The van der Waals surface area contributed by atoms with E-state index in [-0.39, 0.29) is 6.07 Å². The zero-order valence-corrected chi connectivity index (χ0v) is 7.99. The van der Waals surface area contributed by atoms with Crippen molar-refractivity contribution >= 4 is 11.6 Å². The maximum absolute atomic E-state index is 12.2. The van der Waals surface area contributed by atoms with Crippen LogP contribution in [0.3, 0.4) is 0 Å². The Hall–Kier alpha value is -1.31. The normalized spacial score (nSPS) is 11.9. The number of hydrogen-bond donors (Lipinski definition) is 1. The van der Waals surface area contributed by atoms with Crippen LogP contribution in [0.2, 0.25) is 5.15 Å². The Labute approximate surface area is 89.8 Å². The van der Waals surface area contributed by atoms with Gasteiger partial charge in [0.15, 0.2) is 5.75 Å². The molecule has 9 heteroatoms. The number of rotatable bonds is 2. The molecular weight excluding hydrogens is 261 g/mol. The second kappa shape index (κ2) is 4.28. The van der Waals surface area contributed by atoms with Gasteiger partial charge in [-0.05, 0) is 6.07 Å². The third-order valence-corrected chi connectivity index (χ3v) is 1.76. The van der Waals surface area contributed by atoms with Gasteiger partial charge in [-0.25, -0.2) is 8.78 Å². The number of aromatic nitrogens is 1. The lowest BCUT2D eigenvalue weighted by molar-refractivity contribution is -0.275. The molecule has 0 fully saturated rings. The molecule has 16 heavy (non-hydrogen) atoms. The molecule has 0 spiro atoms. The number of hydrogen-bond acceptors (Lipinski definition) is 2. The highest BCUT2D eigenvalue weighted by Gasteiger charge is 2.33. The minimum Gasteiger partial charge on any atom is -0.400 e. The van der Waals surface area contributed by atoms with Crippen molar-refractivity contribution in [2.75, 3.05) is 0 Å². The number of alkyl halides is 5. The Morgan fingerprint density at radius 3 is 2.38 bits per heavy atom. The van der Waals surface area contributed by atoms with Crippen LogP contribution in [0, 0.1) is 0 Å². The van der Waals surface area contributed by atoms with Crippen LogP contribution in [0.4, 0.5) is 22.0 Å². The van der Waals surface area contributed by atoms with Gasteiger partial charge in [0, 0.05) is 0 Å². The third kappa shape index (κ3) is 3.09. The molecule has 0 amide bonds. The predicted molar refractivity (Wildman–Crippen MR) is 43.7 cm³/mol. The van der Waals surface area contributed by atoms with E-state index in [0.29, 0.717) is 0 Å². The fourth-order valence-corrected chi connectivity index (χ4v) is 1.09. The van der Waals surface area contributed by atoms with Crippen LogP contribution >= 0.6 is 11.6 Å². The first kappa shape index (κ1) is 12.8. The van der Waals surface area contributed by atoms with Gasteiger partial charge in [0.05, 0.1) is 5.56 Å². The first-order chi connectivity index (χ1) is 7.20. The van der Waals surface area contributed by atoms with Crippen LogP contribution in [-0.2, 0) is 0 Å². The quantitative estimate of drug-likeness (QED) is 0.658. The monoisotopic (exact) mass is 263 g/mol. The minimum absolute atomic E-state index is 0.249. The Morgan fingerprint density at radius 1 is 1.38 bits per heavy atom. The Bertz CT molecular complexity index is 441. The van der Waals surface area contributed by atoms with Gasteiger partial charge in [0.1, 0.15) is 5.15 Å². The molecular formula is C7H3ClF5NO2. The molecule has 1 heterocycles. The van der Waals surface area contributed by atoms with Gasteiger partial charge in [0.25, 0.3) is 12.0 Å². The van der Waals surface area contributed by atoms with Crippen LogP contribution in [0.15, 0.2) is 10.9 Å². The summed E-state index contributed by atoms with van der Waals surface area (Å²) in [5, 5.41) is -0.727. The van der Waals surface area contributed by atoms with Crippen molar-refractivity contribution in [1.82, 2.24) is 4.98 Å². The average molecular weight is 264 g/mol. The molecule has 90 valence electrons. The van der Waals surface area contributed by atoms with Crippen molar-refractivity contribution in [3.05, 3.63) is 27.1 Å². The zero-order chi connectivity index (χ0) is 12.5. The number of pyridine rings is 1. The Morgan fingerprint density at radius 2 is 1.94 bits per heavy atom. The fraction of sp³-hybridized carbons (Fsp3) is 0.286. The number of ether oxygens (including phenoxy) is 1. The van der Waals surface area contributed by atoms with Crippen molar-refractivity contribution in [1.29, 1.82) is 0 Å². The summed E-state index contributed by atoms with van der Waals surface area (Å²) in [5.74, 6) is -1.28. The summed E-state index contributed by atoms with van der Waals surface area (Å²) in [6.45, 7) is 0. The summed E-state index contributed by atoms with van der Waals surface area (Å²) < 4.78 is 63.0. The SMILES string of the molecule is O=c1[nH]c(Cl)c(C(F)F)cc1OC(F)(F)F. The second-order valence-corrected chi connectivity index (χ2v) is 2.96. The molecule has 0 radical (unpaired) electrons. The molecule has 0 saturated carbocycles. The highest BCUT2D eigenvalue weighted by Crippen LogP contribution is 2.28.